The molecule has 0 atom stereocenters. The standard InChI is InChI=1S/C20H31N3O4/c1-25-18-3-2-15(14-19(18)27-13-8-21)20(24)22-16-4-9-23(10-5-16)17-6-11-26-12-7-17/h2-3,14,16-17H,4-13,21H2,1H3,(H,22,24). The van der Waals surface area contributed by atoms with E-state index in [2.05, 4.69) is 10.2 Å². The van der Waals surface area contributed by atoms with Gasteiger partial charge in [-0.25, -0.2) is 0 Å². The number of amides is 1. The molecule has 0 aliphatic carbocycles. The maximum atomic E-state index is 12.7. The van der Waals surface area contributed by atoms with Crippen LogP contribution in [0.3, 0.4) is 0 Å². The molecule has 0 saturated carbocycles. The molecule has 2 aliphatic rings. The van der Waals surface area contributed by atoms with Crippen LogP contribution in [-0.4, -0.2) is 69.5 Å². The van der Waals surface area contributed by atoms with Crippen LogP contribution in [0.15, 0.2) is 18.2 Å². The van der Waals surface area contributed by atoms with Crippen LogP contribution in [0.1, 0.15) is 36.0 Å². The summed E-state index contributed by atoms with van der Waals surface area (Å²) >= 11 is 0. The van der Waals surface area contributed by atoms with Crippen molar-refractivity contribution >= 4 is 5.91 Å². The zero-order valence-electron chi connectivity index (χ0n) is 16.1. The Balaban J connectivity index is 1.53. The fourth-order valence-electron chi connectivity index (χ4n) is 3.83. The Morgan fingerprint density at radius 2 is 1.96 bits per heavy atom. The predicted octanol–water partition coefficient (Wildman–Crippen LogP) is 1.41. The van der Waals surface area contributed by atoms with Gasteiger partial charge in [0.2, 0.25) is 0 Å². The number of piperidine rings is 1. The normalized spacial score (nSPS) is 19.6. The summed E-state index contributed by atoms with van der Waals surface area (Å²) < 4.78 is 16.3. The molecular weight excluding hydrogens is 346 g/mol. The lowest BCUT2D eigenvalue weighted by Gasteiger charge is -2.39. The zero-order valence-corrected chi connectivity index (χ0v) is 16.1. The number of carbonyl (C=O) groups excluding carboxylic acids is 1. The highest BCUT2D eigenvalue weighted by molar-refractivity contribution is 5.95. The summed E-state index contributed by atoms with van der Waals surface area (Å²) in [5.74, 6) is 1.08. The third kappa shape index (κ3) is 5.34. The average Bonchev–Trinajstić information content (AvgIpc) is 2.73. The number of methoxy groups -OCH3 is 1. The Hall–Kier alpha value is -1.83. The number of nitrogens with one attached hydrogen (secondary N) is 1. The summed E-state index contributed by atoms with van der Waals surface area (Å²) in [5, 5.41) is 3.17. The van der Waals surface area contributed by atoms with Crippen LogP contribution in [-0.2, 0) is 4.74 Å². The summed E-state index contributed by atoms with van der Waals surface area (Å²) in [6.07, 6.45) is 4.20. The molecule has 0 unspecified atom stereocenters. The first-order valence-corrected chi connectivity index (χ1v) is 9.85. The second kappa shape index (κ2) is 9.92. The molecule has 3 N–H and O–H groups in total. The fraction of sp³-hybridized carbons (Fsp3) is 0.650. The van der Waals surface area contributed by atoms with Crippen molar-refractivity contribution in [3.05, 3.63) is 23.8 Å². The Morgan fingerprint density at radius 3 is 2.63 bits per heavy atom. The molecule has 2 saturated heterocycles. The van der Waals surface area contributed by atoms with Gasteiger partial charge >= 0.3 is 0 Å². The summed E-state index contributed by atoms with van der Waals surface area (Å²) in [6.45, 7) is 4.59. The number of benzene rings is 1. The number of hydrogen-bond acceptors (Lipinski definition) is 6. The van der Waals surface area contributed by atoms with Crippen LogP contribution in [0.25, 0.3) is 0 Å². The number of ether oxygens (including phenoxy) is 3. The topological polar surface area (TPSA) is 86.0 Å². The number of carbonyl (C=O) groups is 1. The Morgan fingerprint density at radius 1 is 1.22 bits per heavy atom. The van der Waals surface area contributed by atoms with E-state index >= 15 is 0 Å². The van der Waals surface area contributed by atoms with Gasteiger partial charge in [-0.15, -0.1) is 0 Å². The van der Waals surface area contributed by atoms with Gasteiger partial charge in [0.05, 0.1) is 7.11 Å². The summed E-state index contributed by atoms with van der Waals surface area (Å²) in [7, 11) is 1.58. The lowest BCUT2D eigenvalue weighted by molar-refractivity contribution is 0.0238. The minimum Gasteiger partial charge on any atom is -0.493 e. The Bertz CT molecular complexity index is 611. The average molecular weight is 377 g/mol. The molecule has 1 amide bonds. The first-order chi connectivity index (χ1) is 13.2. The zero-order chi connectivity index (χ0) is 19.1. The van der Waals surface area contributed by atoms with Crippen molar-refractivity contribution in [2.75, 3.05) is 46.6 Å². The van der Waals surface area contributed by atoms with Crippen LogP contribution in [0.2, 0.25) is 0 Å². The smallest absolute Gasteiger partial charge is 0.251 e. The van der Waals surface area contributed by atoms with Crippen molar-refractivity contribution in [3.8, 4) is 11.5 Å². The van der Waals surface area contributed by atoms with Crippen molar-refractivity contribution in [1.82, 2.24) is 10.2 Å². The third-order valence-electron chi connectivity index (χ3n) is 5.37. The number of hydrogen-bond donors (Lipinski definition) is 2. The quantitative estimate of drug-likeness (QED) is 0.747. The highest BCUT2D eigenvalue weighted by atomic mass is 16.5. The van der Waals surface area contributed by atoms with Gasteiger partial charge in [0, 0.05) is 50.5 Å². The van der Waals surface area contributed by atoms with E-state index in [-0.39, 0.29) is 11.9 Å². The molecule has 2 heterocycles. The molecule has 0 aromatic heterocycles. The molecule has 2 aliphatic heterocycles. The molecule has 150 valence electrons. The molecule has 7 heteroatoms. The van der Waals surface area contributed by atoms with E-state index in [1.54, 1.807) is 25.3 Å². The second-order valence-electron chi connectivity index (χ2n) is 7.13. The van der Waals surface area contributed by atoms with Crippen LogP contribution in [0.5, 0.6) is 11.5 Å². The number of nitrogens with zero attached hydrogens (tertiary/aromatic N) is 1. The highest BCUT2D eigenvalue weighted by Crippen LogP contribution is 2.28. The van der Waals surface area contributed by atoms with Gasteiger partial charge in [-0.05, 0) is 43.9 Å². The molecular formula is C20H31N3O4. The van der Waals surface area contributed by atoms with Gasteiger partial charge in [0.15, 0.2) is 11.5 Å². The molecule has 7 nitrogen and oxygen atoms in total. The SMILES string of the molecule is COc1ccc(C(=O)NC2CCN(C3CCOCC3)CC2)cc1OCCN. The van der Waals surface area contributed by atoms with E-state index < -0.39 is 0 Å². The predicted molar refractivity (Wildman–Crippen MR) is 103 cm³/mol. The molecule has 3 rings (SSSR count). The lowest BCUT2D eigenvalue weighted by Crippen LogP contribution is -2.49. The van der Waals surface area contributed by atoms with Gasteiger partial charge in [-0.2, -0.15) is 0 Å². The van der Waals surface area contributed by atoms with E-state index in [1.165, 1.54) is 0 Å². The van der Waals surface area contributed by atoms with Crippen molar-refractivity contribution in [3.63, 3.8) is 0 Å². The molecule has 0 spiro atoms. The monoisotopic (exact) mass is 377 g/mol. The first-order valence-electron chi connectivity index (χ1n) is 9.85. The van der Waals surface area contributed by atoms with Gasteiger partial charge < -0.3 is 30.2 Å². The number of likely N-dealkylation sites (tertiary alicyclic amines) is 1. The number of rotatable bonds is 7. The van der Waals surface area contributed by atoms with Crippen LogP contribution in [0, 0.1) is 0 Å². The van der Waals surface area contributed by atoms with E-state index in [9.17, 15) is 4.79 Å². The van der Waals surface area contributed by atoms with Gasteiger partial charge in [-0.1, -0.05) is 0 Å². The maximum Gasteiger partial charge on any atom is 0.251 e. The molecule has 1 aromatic carbocycles. The molecule has 27 heavy (non-hydrogen) atoms. The largest absolute Gasteiger partial charge is 0.493 e. The Labute approximate surface area is 161 Å². The van der Waals surface area contributed by atoms with E-state index in [4.69, 9.17) is 19.9 Å². The van der Waals surface area contributed by atoms with Crippen molar-refractivity contribution in [2.24, 2.45) is 5.73 Å². The summed E-state index contributed by atoms with van der Waals surface area (Å²) in [4.78, 5) is 15.2. The van der Waals surface area contributed by atoms with E-state index in [0.717, 1.165) is 52.0 Å². The molecule has 2 fully saturated rings. The van der Waals surface area contributed by atoms with Crippen molar-refractivity contribution in [1.29, 1.82) is 0 Å². The van der Waals surface area contributed by atoms with E-state index in [0.29, 0.717) is 36.3 Å². The fourth-order valence-corrected chi connectivity index (χ4v) is 3.83. The highest BCUT2D eigenvalue weighted by Gasteiger charge is 2.27. The molecule has 0 radical (unpaired) electrons. The number of nitrogens with two attached hydrogens (primary N) is 1. The minimum absolute atomic E-state index is 0.0697. The maximum absolute atomic E-state index is 12.7. The summed E-state index contributed by atoms with van der Waals surface area (Å²) in [6, 6.07) is 6.10. The van der Waals surface area contributed by atoms with Crippen LogP contribution in [0.4, 0.5) is 0 Å². The minimum atomic E-state index is -0.0697. The van der Waals surface area contributed by atoms with Crippen LogP contribution < -0.4 is 20.5 Å². The van der Waals surface area contributed by atoms with Gasteiger partial charge in [-0.3, -0.25) is 4.79 Å². The lowest BCUT2D eigenvalue weighted by atomic mass is 9.99. The van der Waals surface area contributed by atoms with Gasteiger partial charge in [0.25, 0.3) is 5.91 Å². The van der Waals surface area contributed by atoms with Crippen molar-refractivity contribution in [2.45, 2.75) is 37.8 Å². The third-order valence-corrected chi connectivity index (χ3v) is 5.37. The van der Waals surface area contributed by atoms with Gasteiger partial charge in [0.1, 0.15) is 6.61 Å². The molecule has 1 aromatic rings. The molecule has 0 bridgehead atoms. The van der Waals surface area contributed by atoms with Crippen LogP contribution >= 0.6 is 0 Å². The first kappa shape index (κ1) is 19.9. The van der Waals surface area contributed by atoms with E-state index in [1.807, 2.05) is 0 Å². The van der Waals surface area contributed by atoms with Crippen molar-refractivity contribution < 1.29 is 19.0 Å². The summed E-state index contributed by atoms with van der Waals surface area (Å²) in [5.41, 5.74) is 6.08. The Kier molecular flexibility index (Phi) is 7.32. The second-order valence-corrected chi connectivity index (χ2v) is 7.13.